The lowest BCUT2D eigenvalue weighted by Gasteiger charge is -2.28. The first-order chi connectivity index (χ1) is 16.5. The van der Waals surface area contributed by atoms with Crippen molar-refractivity contribution in [2.75, 3.05) is 64.3 Å². The van der Waals surface area contributed by atoms with E-state index in [2.05, 4.69) is 20.2 Å². The molecule has 1 saturated heterocycles. The van der Waals surface area contributed by atoms with Crippen LogP contribution in [0.2, 0.25) is 0 Å². The number of quaternary nitrogens is 1. The van der Waals surface area contributed by atoms with Crippen LogP contribution in [0, 0.1) is 0 Å². The molecular weight excluding hydrogens is 438 g/mol. The number of nitrogens with one attached hydrogen (secondary N) is 3. The lowest BCUT2D eigenvalue weighted by Crippen LogP contribution is -3.08. The molecule has 2 aromatic carbocycles. The van der Waals surface area contributed by atoms with Crippen molar-refractivity contribution in [3.8, 4) is 11.5 Å². The number of morpholine rings is 1. The van der Waals surface area contributed by atoms with Crippen molar-refractivity contribution in [3.05, 3.63) is 52.6 Å². The molecule has 1 fully saturated rings. The smallest absolute Gasteiger partial charge is 0.279 e. The van der Waals surface area contributed by atoms with E-state index >= 15 is 0 Å². The molecule has 1 amide bonds. The Labute approximate surface area is 197 Å². The van der Waals surface area contributed by atoms with Gasteiger partial charge in [-0.2, -0.15) is 0 Å². The number of H-pyrrole nitrogens is 1. The number of ether oxygens (including phenoxy) is 3. The highest BCUT2D eigenvalue weighted by Gasteiger charge is 2.16. The summed E-state index contributed by atoms with van der Waals surface area (Å²) in [5.41, 5.74) is 2.10. The Morgan fingerprint density at radius 1 is 1.15 bits per heavy atom. The number of aromatic amines is 1. The summed E-state index contributed by atoms with van der Waals surface area (Å²) < 4.78 is 16.0. The summed E-state index contributed by atoms with van der Waals surface area (Å²) in [4.78, 5) is 35.6. The van der Waals surface area contributed by atoms with E-state index in [9.17, 15) is 9.59 Å². The minimum atomic E-state index is -0.265. The quantitative estimate of drug-likeness (QED) is 0.440. The molecule has 1 aliphatic rings. The average molecular weight is 469 g/mol. The second-order valence-electron chi connectivity index (χ2n) is 8.24. The molecule has 3 N–H and O–H groups in total. The molecule has 1 aliphatic heterocycles. The molecule has 10 nitrogen and oxygen atoms in total. The number of methoxy groups -OCH3 is 2. The zero-order valence-electron chi connectivity index (χ0n) is 19.6. The van der Waals surface area contributed by atoms with Gasteiger partial charge in [0.25, 0.3) is 11.5 Å². The predicted molar refractivity (Wildman–Crippen MR) is 129 cm³/mol. The first-order valence-electron chi connectivity index (χ1n) is 11.2. The largest absolute Gasteiger partial charge is 0.493 e. The maximum absolute atomic E-state index is 12.6. The molecule has 0 aliphatic carbocycles. The van der Waals surface area contributed by atoms with Gasteiger partial charge in [0.1, 0.15) is 6.54 Å². The van der Waals surface area contributed by atoms with Crippen LogP contribution in [-0.4, -0.2) is 70.0 Å². The third-order valence-corrected chi connectivity index (χ3v) is 5.72. The van der Waals surface area contributed by atoms with Crippen molar-refractivity contribution in [1.82, 2.24) is 9.97 Å². The number of hydrogen-bond acceptors (Lipinski definition) is 7. The van der Waals surface area contributed by atoms with Crippen molar-refractivity contribution in [1.29, 1.82) is 0 Å². The molecule has 0 bridgehead atoms. The molecular formula is C24H30N5O5+. The fourth-order valence-electron chi connectivity index (χ4n) is 4.00. The lowest BCUT2D eigenvalue weighted by atomic mass is 10.2. The zero-order valence-corrected chi connectivity index (χ0v) is 19.6. The van der Waals surface area contributed by atoms with E-state index in [0.29, 0.717) is 34.8 Å². The SMILES string of the molecule is COc1cc2nc(C[NH+](C)CC(=O)Nc3ccc(N4CCOCC4)cc3)[nH]c(=O)c2cc1OC. The molecule has 0 spiro atoms. The fraction of sp³-hybridized carbons (Fsp3) is 0.375. The zero-order chi connectivity index (χ0) is 24.1. The van der Waals surface area contributed by atoms with Gasteiger partial charge in [0.15, 0.2) is 23.9 Å². The molecule has 1 atom stereocenters. The summed E-state index contributed by atoms with van der Waals surface area (Å²) in [7, 11) is 4.92. The first kappa shape index (κ1) is 23.5. The summed E-state index contributed by atoms with van der Waals surface area (Å²) >= 11 is 0. The number of likely N-dealkylation sites (N-methyl/N-ethyl adjacent to an activating group) is 1. The Morgan fingerprint density at radius 3 is 2.50 bits per heavy atom. The summed E-state index contributed by atoms with van der Waals surface area (Å²) in [6, 6.07) is 11.1. The number of carbonyl (C=O) groups is 1. The minimum Gasteiger partial charge on any atom is -0.493 e. The summed E-state index contributed by atoms with van der Waals surface area (Å²) in [5, 5.41) is 3.35. The van der Waals surface area contributed by atoms with Crippen LogP contribution in [0.25, 0.3) is 10.9 Å². The van der Waals surface area contributed by atoms with E-state index in [1.807, 2.05) is 31.3 Å². The van der Waals surface area contributed by atoms with E-state index in [1.54, 1.807) is 12.1 Å². The van der Waals surface area contributed by atoms with E-state index in [-0.39, 0.29) is 18.0 Å². The number of nitrogens with zero attached hydrogens (tertiary/aromatic N) is 2. The number of fused-ring (bicyclic) bond motifs is 1. The highest BCUT2D eigenvalue weighted by molar-refractivity contribution is 5.91. The van der Waals surface area contributed by atoms with Gasteiger partial charge in [-0.3, -0.25) is 9.59 Å². The van der Waals surface area contributed by atoms with Crippen molar-refractivity contribution >= 4 is 28.2 Å². The monoisotopic (exact) mass is 468 g/mol. The average Bonchev–Trinajstić information content (AvgIpc) is 2.84. The lowest BCUT2D eigenvalue weighted by molar-refractivity contribution is -0.885. The van der Waals surface area contributed by atoms with Gasteiger partial charge in [0, 0.05) is 30.5 Å². The number of aromatic nitrogens is 2. The number of anilines is 2. The summed E-state index contributed by atoms with van der Waals surface area (Å²) in [6.07, 6.45) is 0. The molecule has 180 valence electrons. The van der Waals surface area contributed by atoms with E-state index in [0.717, 1.165) is 42.6 Å². The highest BCUT2D eigenvalue weighted by Crippen LogP contribution is 2.29. The van der Waals surface area contributed by atoms with Gasteiger partial charge in [0.05, 0.1) is 45.4 Å². The van der Waals surface area contributed by atoms with Gasteiger partial charge in [-0.25, -0.2) is 4.98 Å². The maximum atomic E-state index is 12.6. The molecule has 0 saturated carbocycles. The van der Waals surface area contributed by atoms with Crippen LogP contribution in [-0.2, 0) is 16.1 Å². The molecule has 4 rings (SSSR count). The van der Waals surface area contributed by atoms with Gasteiger partial charge in [-0.05, 0) is 30.3 Å². The number of carbonyl (C=O) groups excluding carboxylic acids is 1. The molecule has 3 aromatic rings. The van der Waals surface area contributed by atoms with Crippen LogP contribution < -0.4 is 30.1 Å². The Bertz CT molecular complexity index is 1200. The van der Waals surface area contributed by atoms with Gasteiger partial charge < -0.3 is 34.3 Å². The Hall–Kier alpha value is -3.63. The van der Waals surface area contributed by atoms with Crippen LogP contribution in [0.4, 0.5) is 11.4 Å². The molecule has 10 heteroatoms. The number of rotatable bonds is 8. The topological polar surface area (TPSA) is 110 Å². The van der Waals surface area contributed by atoms with Crippen molar-refractivity contribution in [2.24, 2.45) is 0 Å². The fourth-order valence-corrected chi connectivity index (χ4v) is 4.00. The van der Waals surface area contributed by atoms with Crippen molar-refractivity contribution < 1.29 is 23.9 Å². The Morgan fingerprint density at radius 2 is 1.82 bits per heavy atom. The van der Waals surface area contributed by atoms with Gasteiger partial charge in [-0.1, -0.05) is 0 Å². The molecule has 1 unspecified atom stereocenters. The third-order valence-electron chi connectivity index (χ3n) is 5.72. The van der Waals surface area contributed by atoms with Crippen LogP contribution in [0.5, 0.6) is 11.5 Å². The maximum Gasteiger partial charge on any atom is 0.279 e. The minimum absolute atomic E-state index is 0.119. The number of benzene rings is 2. The van der Waals surface area contributed by atoms with E-state index in [1.165, 1.54) is 14.2 Å². The molecule has 2 heterocycles. The van der Waals surface area contributed by atoms with Crippen LogP contribution in [0.1, 0.15) is 5.82 Å². The van der Waals surface area contributed by atoms with Gasteiger partial charge in [-0.15, -0.1) is 0 Å². The van der Waals surface area contributed by atoms with Crippen LogP contribution in [0.3, 0.4) is 0 Å². The van der Waals surface area contributed by atoms with Crippen molar-refractivity contribution in [3.63, 3.8) is 0 Å². The van der Waals surface area contributed by atoms with E-state index < -0.39 is 0 Å². The third kappa shape index (κ3) is 5.46. The van der Waals surface area contributed by atoms with Gasteiger partial charge >= 0.3 is 0 Å². The Balaban J connectivity index is 1.37. The second kappa shape index (κ2) is 10.5. The normalized spacial score (nSPS) is 14.6. The summed E-state index contributed by atoms with van der Waals surface area (Å²) in [6.45, 7) is 3.79. The van der Waals surface area contributed by atoms with Crippen molar-refractivity contribution in [2.45, 2.75) is 6.54 Å². The summed E-state index contributed by atoms with van der Waals surface area (Å²) in [5.74, 6) is 1.34. The number of hydrogen-bond donors (Lipinski definition) is 3. The number of amides is 1. The van der Waals surface area contributed by atoms with Crippen LogP contribution >= 0.6 is 0 Å². The molecule has 34 heavy (non-hydrogen) atoms. The predicted octanol–water partition coefficient (Wildman–Crippen LogP) is 0.430. The van der Waals surface area contributed by atoms with Crippen LogP contribution in [0.15, 0.2) is 41.2 Å². The Kier molecular flexibility index (Phi) is 7.29. The van der Waals surface area contributed by atoms with Gasteiger partial charge in [0.2, 0.25) is 0 Å². The first-order valence-corrected chi connectivity index (χ1v) is 11.2. The molecule has 0 radical (unpaired) electrons. The second-order valence-corrected chi connectivity index (χ2v) is 8.24. The molecule has 1 aromatic heterocycles. The highest BCUT2D eigenvalue weighted by atomic mass is 16.5. The van der Waals surface area contributed by atoms with E-state index in [4.69, 9.17) is 14.2 Å². The standard InChI is InChI=1S/C24H29N5O5/c1-28(14-22-26-19-13-21(33-3)20(32-2)12-18(19)24(31)27-22)15-23(30)25-16-4-6-17(7-5-16)29-8-10-34-11-9-29/h4-7,12-13H,8-11,14-15H2,1-3H3,(H,25,30)(H,26,27,31)/p+1.